The van der Waals surface area contributed by atoms with Crippen molar-refractivity contribution in [1.82, 2.24) is 0 Å². The van der Waals surface area contributed by atoms with E-state index in [9.17, 15) is 5.11 Å². The molecule has 4 nitrogen and oxygen atoms in total. The summed E-state index contributed by atoms with van der Waals surface area (Å²) < 4.78 is 17.9. The van der Waals surface area contributed by atoms with Crippen LogP contribution in [0.4, 0.5) is 0 Å². The van der Waals surface area contributed by atoms with E-state index in [0.29, 0.717) is 25.6 Å². The van der Waals surface area contributed by atoms with Crippen LogP contribution in [0.2, 0.25) is 0 Å². The Balaban J connectivity index is 1.57. The summed E-state index contributed by atoms with van der Waals surface area (Å²) in [5.41, 5.74) is 2.19. The number of hydrogen-bond donors (Lipinski definition) is 1. The fourth-order valence-corrected chi connectivity index (χ4v) is 3.32. The molecule has 0 unspecified atom stereocenters. The fourth-order valence-electron chi connectivity index (χ4n) is 3.32. The molecule has 0 aromatic heterocycles. The lowest BCUT2D eigenvalue weighted by atomic mass is 10.1. The largest absolute Gasteiger partial charge is 0.489 e. The van der Waals surface area contributed by atoms with Gasteiger partial charge in [-0.25, -0.2) is 0 Å². The molecular weight excluding hydrogens is 352 g/mol. The van der Waals surface area contributed by atoms with Crippen molar-refractivity contribution in [2.24, 2.45) is 5.92 Å². The first-order chi connectivity index (χ1) is 13.6. The van der Waals surface area contributed by atoms with E-state index in [1.54, 1.807) is 0 Å². The summed E-state index contributed by atoms with van der Waals surface area (Å²) in [5, 5.41) is 10.7. The van der Waals surface area contributed by atoms with Crippen LogP contribution >= 0.6 is 0 Å². The molecule has 1 saturated heterocycles. The molecule has 0 aliphatic carbocycles. The Labute approximate surface area is 167 Å². The van der Waals surface area contributed by atoms with Crippen molar-refractivity contribution in [3.05, 3.63) is 83.6 Å². The molecule has 1 aliphatic heterocycles. The molecular formula is C24H30O4. The Morgan fingerprint density at radius 1 is 1.00 bits per heavy atom. The topological polar surface area (TPSA) is 47.9 Å². The van der Waals surface area contributed by atoms with Crippen LogP contribution in [0.25, 0.3) is 0 Å². The molecule has 1 heterocycles. The number of aliphatic hydroxyl groups is 1. The van der Waals surface area contributed by atoms with E-state index in [-0.39, 0.29) is 12.7 Å². The van der Waals surface area contributed by atoms with Gasteiger partial charge in [0.05, 0.1) is 25.6 Å². The molecule has 0 spiro atoms. The van der Waals surface area contributed by atoms with Crippen molar-refractivity contribution in [2.75, 3.05) is 6.61 Å². The van der Waals surface area contributed by atoms with Crippen molar-refractivity contribution in [2.45, 2.75) is 51.8 Å². The Bertz CT molecular complexity index is 727. The second kappa shape index (κ2) is 10.4. The number of allylic oxidation sites excluding steroid dienone is 1. The molecule has 1 fully saturated rings. The van der Waals surface area contributed by atoms with Gasteiger partial charge in [-0.1, -0.05) is 74.5 Å². The Hall–Kier alpha value is -2.14. The van der Waals surface area contributed by atoms with Crippen LogP contribution in [0.5, 0.6) is 0 Å². The predicted octanol–water partition coefficient (Wildman–Crippen LogP) is 4.48. The van der Waals surface area contributed by atoms with Gasteiger partial charge in [0.2, 0.25) is 0 Å². The van der Waals surface area contributed by atoms with Crippen LogP contribution in [0.1, 0.15) is 31.4 Å². The molecule has 1 N–H and O–H groups in total. The molecule has 3 atom stereocenters. The van der Waals surface area contributed by atoms with E-state index in [1.807, 2.05) is 60.7 Å². The first-order valence-electron chi connectivity index (χ1n) is 9.94. The van der Waals surface area contributed by atoms with E-state index in [2.05, 4.69) is 19.9 Å². The van der Waals surface area contributed by atoms with Crippen LogP contribution in [-0.4, -0.2) is 30.0 Å². The van der Waals surface area contributed by atoms with E-state index >= 15 is 0 Å². The third kappa shape index (κ3) is 6.20. The zero-order valence-corrected chi connectivity index (χ0v) is 16.7. The highest BCUT2D eigenvalue weighted by Gasteiger charge is 2.38. The maximum atomic E-state index is 10.7. The zero-order valence-electron chi connectivity index (χ0n) is 16.7. The summed E-state index contributed by atoms with van der Waals surface area (Å²) in [5.74, 6) is 1.27. The van der Waals surface area contributed by atoms with E-state index in [4.69, 9.17) is 14.2 Å². The first-order valence-corrected chi connectivity index (χ1v) is 9.94. The minimum atomic E-state index is -0.748. The molecule has 2 aromatic carbocycles. The van der Waals surface area contributed by atoms with Gasteiger partial charge in [-0.15, -0.1) is 0 Å². The number of benzene rings is 2. The second-order valence-corrected chi connectivity index (χ2v) is 7.57. The average molecular weight is 383 g/mol. The number of aliphatic hydroxyl groups excluding tert-OH is 1. The fraction of sp³-hybridized carbons (Fsp3) is 0.417. The second-order valence-electron chi connectivity index (χ2n) is 7.57. The molecule has 4 heteroatoms. The standard InChI is InChI=1S/C24H30O4/c1-18(2)13-21-14-23(27-16-20-11-7-4-8-12-20)24(28-21)22(25)17-26-15-19-9-5-3-6-10-19/h3-13,18,22-25H,14-17H2,1-2H3/b21-13-/t22-,23-,24+/m1/s1. The van der Waals surface area contributed by atoms with Gasteiger partial charge in [0, 0.05) is 6.42 Å². The molecule has 0 radical (unpaired) electrons. The van der Waals surface area contributed by atoms with Crippen molar-refractivity contribution < 1.29 is 19.3 Å². The molecule has 150 valence electrons. The highest BCUT2D eigenvalue weighted by atomic mass is 16.6. The van der Waals surface area contributed by atoms with Crippen LogP contribution < -0.4 is 0 Å². The molecule has 0 saturated carbocycles. The van der Waals surface area contributed by atoms with Gasteiger partial charge in [-0.2, -0.15) is 0 Å². The number of ether oxygens (including phenoxy) is 3. The van der Waals surface area contributed by atoms with Gasteiger partial charge >= 0.3 is 0 Å². The lowest BCUT2D eigenvalue weighted by Crippen LogP contribution is -2.38. The van der Waals surface area contributed by atoms with Crippen molar-refractivity contribution in [3.8, 4) is 0 Å². The molecule has 2 aromatic rings. The number of rotatable bonds is 9. The van der Waals surface area contributed by atoms with E-state index < -0.39 is 12.2 Å². The zero-order chi connectivity index (χ0) is 19.8. The van der Waals surface area contributed by atoms with E-state index in [1.165, 1.54) is 0 Å². The molecule has 0 bridgehead atoms. The Kier molecular flexibility index (Phi) is 7.66. The van der Waals surface area contributed by atoms with Crippen LogP contribution in [0.15, 0.2) is 72.5 Å². The number of hydrogen-bond acceptors (Lipinski definition) is 4. The van der Waals surface area contributed by atoms with Crippen LogP contribution in [0, 0.1) is 5.92 Å². The van der Waals surface area contributed by atoms with Gasteiger partial charge in [-0.05, 0) is 23.1 Å². The van der Waals surface area contributed by atoms with Crippen molar-refractivity contribution in [1.29, 1.82) is 0 Å². The molecule has 28 heavy (non-hydrogen) atoms. The average Bonchev–Trinajstić information content (AvgIpc) is 3.10. The molecule has 1 aliphatic rings. The summed E-state index contributed by atoms with van der Waals surface area (Å²) in [6.07, 6.45) is 1.40. The molecule has 3 rings (SSSR count). The monoisotopic (exact) mass is 382 g/mol. The van der Waals surface area contributed by atoms with Gasteiger partial charge in [0.25, 0.3) is 0 Å². The van der Waals surface area contributed by atoms with Crippen LogP contribution in [0.3, 0.4) is 0 Å². The minimum absolute atomic E-state index is 0.194. The van der Waals surface area contributed by atoms with Gasteiger partial charge in [0.1, 0.15) is 12.2 Å². The smallest absolute Gasteiger partial charge is 0.153 e. The summed E-state index contributed by atoms with van der Waals surface area (Å²) in [6.45, 7) is 5.40. The summed E-state index contributed by atoms with van der Waals surface area (Å²) in [4.78, 5) is 0. The van der Waals surface area contributed by atoms with Crippen LogP contribution in [-0.2, 0) is 27.4 Å². The predicted molar refractivity (Wildman–Crippen MR) is 110 cm³/mol. The SMILES string of the molecule is CC(C)/C=C1/C[C@@H](OCc2ccccc2)[C@H]([C@H](O)COCc2ccccc2)O1. The highest BCUT2D eigenvalue weighted by Crippen LogP contribution is 2.30. The third-order valence-electron chi connectivity index (χ3n) is 4.66. The van der Waals surface area contributed by atoms with Gasteiger partial charge < -0.3 is 19.3 Å². The Morgan fingerprint density at radius 2 is 1.61 bits per heavy atom. The van der Waals surface area contributed by atoms with Gasteiger partial charge in [-0.3, -0.25) is 0 Å². The first kappa shape index (κ1) is 20.6. The quantitative estimate of drug-likeness (QED) is 0.695. The maximum absolute atomic E-state index is 10.7. The van der Waals surface area contributed by atoms with E-state index in [0.717, 1.165) is 16.9 Å². The highest BCUT2D eigenvalue weighted by molar-refractivity contribution is 5.14. The van der Waals surface area contributed by atoms with Crippen molar-refractivity contribution in [3.63, 3.8) is 0 Å². The lowest BCUT2D eigenvalue weighted by Gasteiger charge is -2.23. The summed E-state index contributed by atoms with van der Waals surface area (Å²) in [6, 6.07) is 20.0. The third-order valence-corrected chi connectivity index (χ3v) is 4.66. The van der Waals surface area contributed by atoms with Gasteiger partial charge in [0.15, 0.2) is 6.10 Å². The van der Waals surface area contributed by atoms with Crippen molar-refractivity contribution >= 4 is 0 Å². The lowest BCUT2D eigenvalue weighted by molar-refractivity contribution is -0.0932. The molecule has 0 amide bonds. The maximum Gasteiger partial charge on any atom is 0.153 e. The Morgan fingerprint density at radius 3 is 2.21 bits per heavy atom. The summed E-state index contributed by atoms with van der Waals surface area (Å²) in [7, 11) is 0. The summed E-state index contributed by atoms with van der Waals surface area (Å²) >= 11 is 0. The normalized spacial score (nSPS) is 21.8. The minimum Gasteiger partial charge on any atom is -0.489 e.